The molecule has 0 saturated heterocycles. The highest BCUT2D eigenvalue weighted by Crippen LogP contribution is 2.30. The molecule has 6 heteroatoms. The Labute approximate surface area is 143 Å². The summed E-state index contributed by atoms with van der Waals surface area (Å²) in [5.74, 6) is 0. The van der Waals surface area contributed by atoms with Crippen LogP contribution in [0.5, 0.6) is 0 Å². The molecule has 1 aromatic carbocycles. The van der Waals surface area contributed by atoms with Crippen LogP contribution in [-0.2, 0) is 7.05 Å². The molecule has 0 spiro atoms. The molecular formula is C19H14N6. The van der Waals surface area contributed by atoms with Gasteiger partial charge in [0, 0.05) is 48.3 Å². The fourth-order valence-electron chi connectivity index (χ4n) is 3.09. The number of aromatic nitrogens is 6. The topological polar surface area (TPSA) is 72.3 Å². The van der Waals surface area contributed by atoms with Gasteiger partial charge in [0.05, 0.1) is 22.9 Å². The Kier molecular flexibility index (Phi) is 2.90. The van der Waals surface area contributed by atoms with Crippen molar-refractivity contribution in [1.29, 1.82) is 0 Å². The quantitative estimate of drug-likeness (QED) is 0.538. The molecule has 4 aromatic heterocycles. The zero-order valence-corrected chi connectivity index (χ0v) is 13.5. The average Bonchev–Trinajstić information content (AvgIpc) is 3.27. The van der Waals surface area contributed by atoms with Crippen molar-refractivity contribution < 1.29 is 0 Å². The Balaban J connectivity index is 1.64. The summed E-state index contributed by atoms with van der Waals surface area (Å²) < 4.78 is 1.78. The van der Waals surface area contributed by atoms with Gasteiger partial charge >= 0.3 is 0 Å². The van der Waals surface area contributed by atoms with Gasteiger partial charge in [-0.15, -0.1) is 0 Å². The summed E-state index contributed by atoms with van der Waals surface area (Å²) in [6.07, 6.45) is 9.18. The highest BCUT2D eigenvalue weighted by atomic mass is 15.2. The standard InChI is InChI=1S/C19H14N6/c1-25-11-13(9-23-25)16-5-3-14-15(10-22-19(14)24-16)12-2-4-17-18(8-12)21-7-6-20-17/h2-11H,1H3,(H,22,24). The maximum absolute atomic E-state index is 4.73. The predicted molar refractivity (Wildman–Crippen MR) is 96.8 cm³/mol. The molecule has 0 aliphatic heterocycles. The number of hydrogen-bond donors (Lipinski definition) is 1. The van der Waals surface area contributed by atoms with Crippen molar-refractivity contribution in [3.05, 3.63) is 61.3 Å². The van der Waals surface area contributed by atoms with E-state index in [9.17, 15) is 0 Å². The van der Waals surface area contributed by atoms with Crippen LogP contribution in [0.1, 0.15) is 0 Å². The Morgan fingerprint density at radius 2 is 1.84 bits per heavy atom. The zero-order chi connectivity index (χ0) is 16.8. The largest absolute Gasteiger partial charge is 0.345 e. The first-order chi connectivity index (χ1) is 12.3. The third-order valence-electron chi connectivity index (χ3n) is 4.32. The monoisotopic (exact) mass is 326 g/mol. The van der Waals surface area contributed by atoms with Gasteiger partial charge in [0.1, 0.15) is 5.65 Å². The first kappa shape index (κ1) is 13.9. The van der Waals surface area contributed by atoms with Gasteiger partial charge < -0.3 is 4.98 Å². The van der Waals surface area contributed by atoms with Gasteiger partial charge in [-0.25, -0.2) is 4.98 Å². The number of nitrogens with zero attached hydrogens (tertiary/aromatic N) is 5. The molecule has 0 radical (unpaired) electrons. The van der Waals surface area contributed by atoms with E-state index in [2.05, 4.69) is 38.2 Å². The van der Waals surface area contributed by atoms with E-state index in [0.717, 1.165) is 44.5 Å². The summed E-state index contributed by atoms with van der Waals surface area (Å²) in [5.41, 5.74) is 6.73. The number of rotatable bonds is 2. The first-order valence-corrected chi connectivity index (χ1v) is 7.96. The van der Waals surface area contributed by atoms with Gasteiger partial charge in [0.2, 0.25) is 0 Å². The van der Waals surface area contributed by atoms with Gasteiger partial charge in [-0.05, 0) is 29.8 Å². The maximum atomic E-state index is 4.73. The number of hydrogen-bond acceptors (Lipinski definition) is 4. The molecular weight excluding hydrogens is 312 g/mol. The summed E-state index contributed by atoms with van der Waals surface area (Å²) in [6.45, 7) is 0. The second-order valence-electron chi connectivity index (χ2n) is 5.96. The number of H-pyrrole nitrogens is 1. The number of benzene rings is 1. The van der Waals surface area contributed by atoms with Crippen LogP contribution in [0.25, 0.3) is 44.5 Å². The normalized spacial score (nSPS) is 11.4. The molecule has 0 amide bonds. The van der Waals surface area contributed by atoms with Crippen LogP contribution >= 0.6 is 0 Å². The molecule has 0 atom stereocenters. The number of nitrogens with one attached hydrogen (secondary N) is 1. The second-order valence-corrected chi connectivity index (χ2v) is 5.96. The Morgan fingerprint density at radius 1 is 0.960 bits per heavy atom. The molecule has 5 aromatic rings. The van der Waals surface area contributed by atoms with E-state index in [1.54, 1.807) is 17.1 Å². The number of aromatic amines is 1. The van der Waals surface area contributed by atoms with Gasteiger partial charge in [-0.3, -0.25) is 14.6 Å². The Bertz CT molecular complexity index is 1220. The van der Waals surface area contributed by atoms with Crippen LogP contribution in [0.3, 0.4) is 0 Å². The number of aryl methyl sites for hydroxylation is 1. The van der Waals surface area contributed by atoms with E-state index >= 15 is 0 Å². The molecule has 0 fully saturated rings. The maximum Gasteiger partial charge on any atom is 0.138 e. The lowest BCUT2D eigenvalue weighted by molar-refractivity contribution is 0.768. The van der Waals surface area contributed by atoms with Crippen LogP contribution in [0, 0.1) is 0 Å². The molecule has 5 rings (SSSR count). The minimum Gasteiger partial charge on any atom is -0.345 e. The van der Waals surface area contributed by atoms with Gasteiger partial charge in [0.25, 0.3) is 0 Å². The van der Waals surface area contributed by atoms with Gasteiger partial charge in [-0.1, -0.05) is 6.07 Å². The van der Waals surface area contributed by atoms with E-state index in [1.165, 1.54) is 0 Å². The fourth-order valence-corrected chi connectivity index (χ4v) is 3.09. The first-order valence-electron chi connectivity index (χ1n) is 7.96. The minimum atomic E-state index is 0.857. The van der Waals surface area contributed by atoms with Crippen LogP contribution in [0.15, 0.2) is 61.3 Å². The van der Waals surface area contributed by atoms with E-state index < -0.39 is 0 Å². The zero-order valence-electron chi connectivity index (χ0n) is 13.5. The summed E-state index contributed by atoms with van der Waals surface area (Å²) >= 11 is 0. The highest BCUT2D eigenvalue weighted by Gasteiger charge is 2.10. The lowest BCUT2D eigenvalue weighted by atomic mass is 10.0. The highest BCUT2D eigenvalue weighted by molar-refractivity contribution is 5.96. The van der Waals surface area contributed by atoms with Crippen molar-refractivity contribution in [3.8, 4) is 22.4 Å². The van der Waals surface area contributed by atoms with Crippen LogP contribution < -0.4 is 0 Å². The molecule has 0 aliphatic rings. The molecule has 0 unspecified atom stereocenters. The van der Waals surface area contributed by atoms with Crippen molar-refractivity contribution in [1.82, 2.24) is 29.7 Å². The van der Waals surface area contributed by atoms with Gasteiger partial charge in [0.15, 0.2) is 0 Å². The summed E-state index contributed by atoms with van der Waals surface area (Å²) in [4.78, 5) is 16.7. The molecule has 0 bridgehead atoms. The number of pyridine rings is 1. The summed E-state index contributed by atoms with van der Waals surface area (Å²) in [5, 5.41) is 5.29. The lowest BCUT2D eigenvalue weighted by Crippen LogP contribution is -1.86. The Hall–Kier alpha value is -3.54. The van der Waals surface area contributed by atoms with Crippen molar-refractivity contribution in [3.63, 3.8) is 0 Å². The van der Waals surface area contributed by atoms with Crippen molar-refractivity contribution in [2.24, 2.45) is 7.05 Å². The van der Waals surface area contributed by atoms with Crippen LogP contribution in [0.4, 0.5) is 0 Å². The van der Waals surface area contributed by atoms with Crippen molar-refractivity contribution >= 4 is 22.1 Å². The third kappa shape index (κ3) is 2.27. The molecule has 0 aliphatic carbocycles. The molecule has 0 saturated carbocycles. The third-order valence-corrected chi connectivity index (χ3v) is 4.32. The van der Waals surface area contributed by atoms with Crippen molar-refractivity contribution in [2.45, 2.75) is 0 Å². The van der Waals surface area contributed by atoms with Crippen molar-refractivity contribution in [2.75, 3.05) is 0 Å². The minimum absolute atomic E-state index is 0.857. The average molecular weight is 326 g/mol. The SMILES string of the molecule is Cn1cc(-c2ccc3c(-c4ccc5nccnc5c4)c[nH]c3n2)cn1. The summed E-state index contributed by atoms with van der Waals surface area (Å²) in [6, 6.07) is 10.2. The predicted octanol–water partition coefficient (Wildman–Crippen LogP) is 3.57. The van der Waals surface area contributed by atoms with Crippen LogP contribution in [0.2, 0.25) is 0 Å². The van der Waals surface area contributed by atoms with E-state index in [4.69, 9.17) is 4.98 Å². The lowest BCUT2D eigenvalue weighted by Gasteiger charge is -2.02. The summed E-state index contributed by atoms with van der Waals surface area (Å²) in [7, 11) is 1.90. The fraction of sp³-hybridized carbons (Fsp3) is 0.0526. The smallest absolute Gasteiger partial charge is 0.138 e. The number of fused-ring (bicyclic) bond motifs is 2. The van der Waals surface area contributed by atoms with E-state index in [0.29, 0.717) is 0 Å². The second kappa shape index (κ2) is 5.24. The van der Waals surface area contributed by atoms with Gasteiger partial charge in [-0.2, -0.15) is 5.10 Å². The molecule has 4 heterocycles. The molecule has 25 heavy (non-hydrogen) atoms. The molecule has 1 N–H and O–H groups in total. The molecule has 6 nitrogen and oxygen atoms in total. The van der Waals surface area contributed by atoms with E-state index in [1.807, 2.05) is 37.8 Å². The van der Waals surface area contributed by atoms with Crippen LogP contribution in [-0.4, -0.2) is 29.7 Å². The Morgan fingerprint density at radius 3 is 2.68 bits per heavy atom. The molecule has 120 valence electrons. The van der Waals surface area contributed by atoms with E-state index in [-0.39, 0.29) is 0 Å².